The molecule has 0 radical (unpaired) electrons. The highest BCUT2D eigenvalue weighted by molar-refractivity contribution is 7.18. The Bertz CT molecular complexity index is 989. The number of para-hydroxylation sites is 2. The van der Waals surface area contributed by atoms with Crippen molar-refractivity contribution in [2.75, 3.05) is 12.4 Å². The minimum Gasteiger partial charge on any atom is -1.00 e. The van der Waals surface area contributed by atoms with Crippen LogP contribution in [-0.4, -0.2) is 12.2 Å². The maximum absolute atomic E-state index is 5.27. The molecule has 6 heteroatoms. The number of aromatic nitrogens is 2. The summed E-state index contributed by atoms with van der Waals surface area (Å²) in [6.45, 7) is 0. The van der Waals surface area contributed by atoms with Crippen LogP contribution in [-0.2, 0) is 0 Å². The Kier molecular flexibility index (Phi) is 6.06. The molecule has 0 saturated heterocycles. The van der Waals surface area contributed by atoms with Crippen LogP contribution in [0.5, 0.6) is 5.75 Å². The van der Waals surface area contributed by atoms with E-state index >= 15 is 0 Å². The van der Waals surface area contributed by atoms with Crippen LogP contribution in [0.2, 0.25) is 0 Å². The van der Waals surface area contributed by atoms with Gasteiger partial charge in [0.25, 0.3) is 5.13 Å². The van der Waals surface area contributed by atoms with Crippen molar-refractivity contribution >= 4 is 22.2 Å². The zero-order valence-corrected chi connectivity index (χ0v) is 16.2. The van der Waals surface area contributed by atoms with Gasteiger partial charge in [-0.1, -0.05) is 36.4 Å². The average Bonchev–Trinajstić information content (AvgIpc) is 3.13. The van der Waals surface area contributed by atoms with Gasteiger partial charge in [0.1, 0.15) is 5.75 Å². The van der Waals surface area contributed by atoms with Crippen LogP contribution in [0.3, 0.4) is 0 Å². The second-order valence-electron chi connectivity index (χ2n) is 5.68. The molecule has 1 aromatic heterocycles. The molecule has 3 aromatic carbocycles. The third-order valence-corrected chi connectivity index (χ3v) is 4.92. The summed E-state index contributed by atoms with van der Waals surface area (Å²) >= 11 is 1.62. The van der Waals surface area contributed by atoms with E-state index in [0.717, 1.165) is 32.8 Å². The Morgan fingerprint density at radius 3 is 2.11 bits per heavy atom. The van der Waals surface area contributed by atoms with E-state index in [9.17, 15) is 0 Å². The average molecular weight is 399 g/mol. The number of hydrogen-bond acceptors (Lipinski definition) is 4. The topological polar surface area (TPSA) is 38.0 Å². The first-order valence-electron chi connectivity index (χ1n) is 8.28. The molecule has 0 atom stereocenters. The summed E-state index contributed by atoms with van der Waals surface area (Å²) in [4.78, 5) is 0. The number of rotatable bonds is 5. The van der Waals surface area contributed by atoms with Gasteiger partial charge in [0.15, 0.2) is 0 Å². The second-order valence-corrected chi connectivity index (χ2v) is 6.66. The third-order valence-electron chi connectivity index (χ3n) is 3.94. The Morgan fingerprint density at radius 1 is 0.852 bits per heavy atom. The summed E-state index contributed by atoms with van der Waals surface area (Å²) in [6, 6.07) is 28.3. The molecule has 0 aliphatic carbocycles. The zero-order valence-electron chi connectivity index (χ0n) is 14.7. The van der Waals surface area contributed by atoms with Crippen molar-refractivity contribution in [2.24, 2.45) is 0 Å². The van der Waals surface area contributed by atoms with Gasteiger partial charge >= 0.3 is 5.01 Å². The van der Waals surface area contributed by atoms with E-state index in [4.69, 9.17) is 9.84 Å². The lowest BCUT2D eigenvalue weighted by Gasteiger charge is -1.99. The molecule has 0 unspecified atom stereocenters. The minimum atomic E-state index is 0. The highest BCUT2D eigenvalue weighted by Crippen LogP contribution is 2.29. The van der Waals surface area contributed by atoms with E-state index < -0.39 is 0 Å². The molecule has 0 aliphatic heterocycles. The smallest absolute Gasteiger partial charge is 0.304 e. The Labute approximate surface area is 168 Å². The summed E-state index contributed by atoms with van der Waals surface area (Å²) < 4.78 is 7.24. The quantitative estimate of drug-likeness (QED) is 0.412. The van der Waals surface area contributed by atoms with Crippen molar-refractivity contribution in [2.45, 2.75) is 0 Å². The molecule has 0 fully saturated rings. The maximum Gasteiger partial charge on any atom is 0.304 e. The van der Waals surface area contributed by atoms with Gasteiger partial charge in [0.05, 0.1) is 12.7 Å². The monoisotopic (exact) mass is 398 g/mol. The number of benzene rings is 3. The molecule has 0 saturated carbocycles. The standard InChI is InChI=1S/C21H18N3OS.ClH/c1-25-19-14-12-16(13-15-19)20-24(18-10-6-3-7-11-18)23-21(26-20)22-17-8-4-2-5-9-17;/h2-15H,1H3,(H,22,23);1H/q+1;/p-1/i22+1,23+1,24+1;. The largest absolute Gasteiger partial charge is 1.00 e. The van der Waals surface area contributed by atoms with Crippen LogP contribution in [0, 0.1) is 0 Å². The summed E-state index contributed by atoms with van der Waals surface area (Å²) in [6.07, 6.45) is 0. The van der Waals surface area contributed by atoms with Crippen LogP contribution in [0.15, 0.2) is 84.9 Å². The first-order valence-corrected chi connectivity index (χ1v) is 9.10. The fraction of sp³-hybridized carbons (Fsp3) is 0.0476. The molecular formula is C21H18ClN3OS. The van der Waals surface area contributed by atoms with Gasteiger partial charge < -0.3 is 22.5 Å². The van der Waals surface area contributed by atoms with Crippen molar-refractivity contribution < 1.29 is 21.8 Å². The fourth-order valence-electron chi connectivity index (χ4n) is 2.65. The van der Waals surface area contributed by atoms with E-state index in [1.807, 2.05) is 65.3 Å². The van der Waals surface area contributed by atoms with Crippen LogP contribution < -0.4 is 27.1 Å². The SMILES string of the molecule is COc1ccc(-c2sc([15NH]c3ccccc3)[15n][15n+]2-c2ccccc2)cc1.[Cl-]. The molecule has 0 amide bonds. The van der Waals surface area contributed by atoms with Crippen molar-refractivity contribution in [3.8, 4) is 22.0 Å². The number of nitrogens with zero attached hydrogens (tertiary/aromatic N) is 2. The highest BCUT2D eigenvalue weighted by Gasteiger charge is 2.24. The van der Waals surface area contributed by atoms with Gasteiger partial charge in [0, 0.05) is 22.9 Å². The lowest BCUT2D eigenvalue weighted by molar-refractivity contribution is -0.642. The molecular weight excluding hydrogens is 381 g/mol. The molecule has 0 aliphatic rings. The third kappa shape index (κ3) is 4.27. The lowest BCUT2D eigenvalue weighted by atomic mass is 10.2. The van der Waals surface area contributed by atoms with Crippen molar-refractivity contribution in [3.05, 3.63) is 84.9 Å². The lowest BCUT2D eigenvalue weighted by Crippen LogP contribution is -3.00. The molecule has 4 rings (SSSR count). The van der Waals surface area contributed by atoms with Gasteiger partial charge in [-0.2, -0.15) is 0 Å². The number of ether oxygens (including phenoxy) is 1. The number of nitrogens with one attached hydrogen (secondary N) is 1. The molecule has 27 heavy (non-hydrogen) atoms. The van der Waals surface area contributed by atoms with Crippen molar-refractivity contribution in [1.29, 1.82) is 0 Å². The summed E-state index contributed by atoms with van der Waals surface area (Å²) in [5, 5.41) is 10.1. The first-order chi connectivity index (χ1) is 12.8. The molecule has 4 nitrogen and oxygen atoms in total. The Hall–Kier alpha value is -2.89. The van der Waals surface area contributed by atoms with Crippen LogP contribution in [0.25, 0.3) is 16.3 Å². The number of anilines is 2. The molecule has 0 spiro atoms. The Morgan fingerprint density at radius 2 is 1.48 bits per heavy atom. The van der Waals surface area contributed by atoms with Crippen molar-refractivity contribution in [1.82, 2.24) is 5.10 Å². The van der Waals surface area contributed by atoms with Crippen LogP contribution in [0.4, 0.5) is 10.8 Å². The van der Waals surface area contributed by atoms with E-state index in [1.165, 1.54) is 0 Å². The summed E-state index contributed by atoms with van der Waals surface area (Å²) in [5.74, 6) is 0.840. The molecule has 1 N–H and O–H groups in total. The van der Waals surface area contributed by atoms with Crippen molar-refractivity contribution in [3.63, 3.8) is 0 Å². The molecule has 0 bridgehead atoms. The minimum absolute atomic E-state index is 0. The Balaban J connectivity index is 0.00000210. The predicted octanol–water partition coefficient (Wildman–Crippen LogP) is 1.84. The van der Waals surface area contributed by atoms with Gasteiger partial charge in [-0.15, -0.1) is 0 Å². The van der Waals surface area contributed by atoms with E-state index in [0.29, 0.717) is 0 Å². The molecule has 1 heterocycles. The van der Waals surface area contributed by atoms with Gasteiger partial charge in [-0.25, -0.2) is 0 Å². The molecule has 136 valence electrons. The maximum atomic E-state index is 5.27. The normalized spacial score (nSPS) is 10.1. The number of hydrogen-bond donors (Lipinski definition) is 1. The fourth-order valence-corrected chi connectivity index (χ4v) is 3.61. The summed E-state index contributed by atoms with van der Waals surface area (Å²) in [7, 11) is 1.67. The predicted molar refractivity (Wildman–Crippen MR) is 105 cm³/mol. The zero-order chi connectivity index (χ0) is 17.8. The summed E-state index contributed by atoms with van der Waals surface area (Å²) in [5.41, 5.74) is 3.13. The van der Waals surface area contributed by atoms with Crippen LogP contribution in [0.1, 0.15) is 0 Å². The number of methoxy groups -OCH3 is 1. The van der Waals surface area contributed by atoms with Gasteiger partial charge in [-0.3, -0.25) is 0 Å². The van der Waals surface area contributed by atoms with E-state index in [2.05, 4.69) is 29.6 Å². The van der Waals surface area contributed by atoms with Gasteiger partial charge in [0.2, 0.25) is 5.69 Å². The van der Waals surface area contributed by atoms with Crippen LogP contribution >= 0.6 is 11.3 Å². The first kappa shape index (κ1) is 18.9. The molecule has 4 aromatic rings. The highest BCUT2D eigenvalue weighted by atomic mass is 35.5. The number of halogens is 1. The second kappa shape index (κ2) is 8.66. The van der Waals surface area contributed by atoms with E-state index in [-0.39, 0.29) is 12.4 Å². The van der Waals surface area contributed by atoms with E-state index in [1.54, 1.807) is 18.4 Å². The van der Waals surface area contributed by atoms with Gasteiger partial charge in [-0.05, 0) is 52.4 Å².